The second kappa shape index (κ2) is 5.27. The van der Waals surface area contributed by atoms with Gasteiger partial charge in [-0.2, -0.15) is 0 Å². The number of rotatable bonds is 4. The Bertz CT molecular complexity index is 581. The van der Waals surface area contributed by atoms with Gasteiger partial charge in [0.15, 0.2) is 11.6 Å². The fraction of sp³-hybridized carbons (Fsp3) is 0.357. The van der Waals surface area contributed by atoms with E-state index in [-0.39, 0.29) is 11.6 Å². The smallest absolute Gasteiger partial charge is 0.165 e. The number of benzene rings is 1. The number of hydrogen-bond acceptors (Lipinski definition) is 4. The molecule has 19 heavy (non-hydrogen) atoms. The van der Waals surface area contributed by atoms with E-state index in [2.05, 4.69) is 4.98 Å². The van der Waals surface area contributed by atoms with Crippen LogP contribution < -0.4 is 10.5 Å². The molecule has 1 heterocycles. The zero-order chi connectivity index (χ0) is 14.0. The Balaban J connectivity index is 2.36. The summed E-state index contributed by atoms with van der Waals surface area (Å²) in [5.41, 5.74) is 7.19. The van der Waals surface area contributed by atoms with E-state index in [1.807, 2.05) is 19.2 Å². The van der Waals surface area contributed by atoms with Gasteiger partial charge in [-0.15, -0.1) is 11.3 Å². The molecule has 102 valence electrons. The maximum atomic E-state index is 13.7. The molecule has 0 amide bonds. The third-order valence-corrected chi connectivity index (χ3v) is 4.30. The summed E-state index contributed by atoms with van der Waals surface area (Å²) >= 11 is 1.50. The van der Waals surface area contributed by atoms with Crippen molar-refractivity contribution < 1.29 is 9.13 Å². The van der Waals surface area contributed by atoms with E-state index in [1.54, 1.807) is 12.1 Å². The van der Waals surface area contributed by atoms with Crippen molar-refractivity contribution in [3.8, 4) is 17.0 Å². The summed E-state index contributed by atoms with van der Waals surface area (Å²) in [5.74, 6) is -0.156. The number of ether oxygens (including phenoxy) is 1. The van der Waals surface area contributed by atoms with Crippen LogP contribution in [-0.2, 0) is 5.54 Å². The van der Waals surface area contributed by atoms with Gasteiger partial charge in [0.25, 0.3) is 0 Å². The van der Waals surface area contributed by atoms with Gasteiger partial charge in [0.1, 0.15) is 5.01 Å². The van der Waals surface area contributed by atoms with Crippen molar-refractivity contribution in [2.24, 2.45) is 5.73 Å². The van der Waals surface area contributed by atoms with Crippen LogP contribution in [0.2, 0.25) is 0 Å². The molecule has 0 saturated carbocycles. The molecule has 1 atom stereocenters. The first-order chi connectivity index (χ1) is 8.97. The Morgan fingerprint density at radius 1 is 1.47 bits per heavy atom. The van der Waals surface area contributed by atoms with Crippen molar-refractivity contribution in [2.75, 3.05) is 7.11 Å². The molecular formula is C14H17FN2OS. The van der Waals surface area contributed by atoms with Crippen molar-refractivity contribution in [3.63, 3.8) is 0 Å². The molecule has 0 aliphatic heterocycles. The predicted octanol–water partition coefficient (Wildman–Crippen LogP) is 3.54. The largest absolute Gasteiger partial charge is 0.494 e. The quantitative estimate of drug-likeness (QED) is 0.931. The summed E-state index contributed by atoms with van der Waals surface area (Å²) in [5, 5.41) is 2.76. The minimum absolute atomic E-state index is 0.233. The van der Waals surface area contributed by atoms with Crippen LogP contribution >= 0.6 is 11.3 Å². The van der Waals surface area contributed by atoms with Crippen LogP contribution in [0.3, 0.4) is 0 Å². The zero-order valence-corrected chi connectivity index (χ0v) is 12.1. The molecule has 3 nitrogen and oxygen atoms in total. The fourth-order valence-corrected chi connectivity index (χ4v) is 2.62. The molecule has 0 aliphatic rings. The van der Waals surface area contributed by atoms with Crippen molar-refractivity contribution in [1.82, 2.24) is 4.98 Å². The van der Waals surface area contributed by atoms with Gasteiger partial charge in [-0.1, -0.05) is 6.92 Å². The van der Waals surface area contributed by atoms with Gasteiger partial charge in [-0.05, 0) is 31.5 Å². The first-order valence-electron chi connectivity index (χ1n) is 6.06. The van der Waals surface area contributed by atoms with Crippen LogP contribution in [0.15, 0.2) is 23.6 Å². The van der Waals surface area contributed by atoms with E-state index >= 15 is 0 Å². The standard InChI is InChI=1S/C14H17FN2OS/c1-4-14(2,16)13-17-11(8-19-13)9-5-6-12(18-3)10(15)7-9/h5-8H,4,16H2,1-3H3. The van der Waals surface area contributed by atoms with Crippen LogP contribution in [0.5, 0.6) is 5.75 Å². The zero-order valence-electron chi connectivity index (χ0n) is 11.2. The Labute approximate surface area is 116 Å². The molecule has 1 aromatic carbocycles. The minimum atomic E-state index is -0.437. The fourth-order valence-electron chi connectivity index (χ4n) is 1.65. The maximum Gasteiger partial charge on any atom is 0.165 e. The lowest BCUT2D eigenvalue weighted by Gasteiger charge is -2.18. The van der Waals surface area contributed by atoms with Gasteiger partial charge >= 0.3 is 0 Å². The van der Waals surface area contributed by atoms with E-state index in [0.29, 0.717) is 0 Å². The number of thiazole rings is 1. The lowest BCUT2D eigenvalue weighted by atomic mass is 10.0. The number of halogens is 1. The molecule has 0 saturated heterocycles. The third kappa shape index (κ3) is 2.77. The molecule has 2 N–H and O–H groups in total. The van der Waals surface area contributed by atoms with Gasteiger partial charge < -0.3 is 10.5 Å². The van der Waals surface area contributed by atoms with Crippen LogP contribution in [0.4, 0.5) is 4.39 Å². The molecule has 1 aromatic heterocycles. The molecular weight excluding hydrogens is 263 g/mol. The maximum absolute atomic E-state index is 13.7. The average molecular weight is 280 g/mol. The second-order valence-corrected chi connectivity index (χ2v) is 5.52. The van der Waals surface area contributed by atoms with Gasteiger partial charge in [0.2, 0.25) is 0 Å². The van der Waals surface area contributed by atoms with Crippen LogP contribution in [0.1, 0.15) is 25.3 Å². The van der Waals surface area contributed by atoms with Crippen molar-refractivity contribution >= 4 is 11.3 Å². The number of nitrogens with zero attached hydrogens (tertiary/aromatic N) is 1. The van der Waals surface area contributed by atoms with E-state index < -0.39 is 5.54 Å². The highest BCUT2D eigenvalue weighted by molar-refractivity contribution is 7.10. The minimum Gasteiger partial charge on any atom is -0.494 e. The summed E-state index contributed by atoms with van der Waals surface area (Å²) in [6.45, 7) is 3.97. The van der Waals surface area contributed by atoms with Gasteiger partial charge in [-0.25, -0.2) is 9.37 Å². The van der Waals surface area contributed by atoms with Crippen LogP contribution in [0.25, 0.3) is 11.3 Å². The lowest BCUT2D eigenvalue weighted by Crippen LogP contribution is -2.31. The lowest BCUT2D eigenvalue weighted by molar-refractivity contribution is 0.386. The molecule has 2 rings (SSSR count). The molecule has 5 heteroatoms. The molecule has 0 aliphatic carbocycles. The molecule has 2 aromatic rings. The van der Waals surface area contributed by atoms with Gasteiger partial charge in [-0.3, -0.25) is 0 Å². The van der Waals surface area contributed by atoms with Gasteiger partial charge in [0, 0.05) is 10.9 Å². The summed E-state index contributed by atoms with van der Waals surface area (Å²) in [4.78, 5) is 4.51. The Kier molecular flexibility index (Phi) is 3.87. The highest BCUT2D eigenvalue weighted by Gasteiger charge is 2.23. The van der Waals surface area contributed by atoms with E-state index in [4.69, 9.17) is 10.5 Å². The van der Waals surface area contributed by atoms with Crippen LogP contribution in [-0.4, -0.2) is 12.1 Å². The van der Waals surface area contributed by atoms with Crippen molar-refractivity contribution in [3.05, 3.63) is 34.4 Å². The monoisotopic (exact) mass is 280 g/mol. The Hall–Kier alpha value is -1.46. The van der Waals surface area contributed by atoms with Gasteiger partial charge in [0.05, 0.1) is 18.3 Å². The summed E-state index contributed by atoms with van der Waals surface area (Å²) < 4.78 is 18.6. The number of nitrogens with two attached hydrogens (primary N) is 1. The van der Waals surface area contributed by atoms with Crippen molar-refractivity contribution in [1.29, 1.82) is 0 Å². The van der Waals surface area contributed by atoms with Crippen molar-refractivity contribution in [2.45, 2.75) is 25.8 Å². The van der Waals surface area contributed by atoms with E-state index in [0.717, 1.165) is 22.7 Å². The molecule has 0 fully saturated rings. The normalized spacial score (nSPS) is 14.2. The van der Waals surface area contributed by atoms with Crippen LogP contribution in [0, 0.1) is 5.82 Å². The second-order valence-electron chi connectivity index (χ2n) is 4.66. The number of hydrogen-bond donors (Lipinski definition) is 1. The SMILES string of the molecule is CCC(C)(N)c1nc(-c2ccc(OC)c(F)c2)cs1. The topological polar surface area (TPSA) is 48.1 Å². The average Bonchev–Trinajstić information content (AvgIpc) is 2.89. The number of aromatic nitrogens is 1. The summed E-state index contributed by atoms with van der Waals surface area (Å²) in [6.07, 6.45) is 0.803. The highest BCUT2D eigenvalue weighted by Crippen LogP contribution is 2.30. The van der Waals surface area contributed by atoms with E-state index in [1.165, 1.54) is 24.5 Å². The number of methoxy groups -OCH3 is 1. The summed E-state index contributed by atoms with van der Waals surface area (Å²) in [7, 11) is 1.44. The third-order valence-electron chi connectivity index (χ3n) is 3.17. The molecule has 0 spiro atoms. The molecule has 1 unspecified atom stereocenters. The highest BCUT2D eigenvalue weighted by atomic mass is 32.1. The molecule has 0 radical (unpaired) electrons. The first kappa shape index (κ1) is 14.0. The summed E-state index contributed by atoms with van der Waals surface area (Å²) in [6, 6.07) is 4.82. The van der Waals surface area contributed by atoms with E-state index in [9.17, 15) is 4.39 Å². The Morgan fingerprint density at radius 3 is 2.79 bits per heavy atom. The Morgan fingerprint density at radius 2 is 2.21 bits per heavy atom. The molecule has 0 bridgehead atoms. The first-order valence-corrected chi connectivity index (χ1v) is 6.94. The predicted molar refractivity (Wildman–Crippen MR) is 75.9 cm³/mol.